The summed E-state index contributed by atoms with van der Waals surface area (Å²) in [7, 11) is 0. The summed E-state index contributed by atoms with van der Waals surface area (Å²) < 4.78 is 21.1. The third-order valence-electron chi connectivity index (χ3n) is 12.5. The highest BCUT2D eigenvalue weighted by atomic mass is 16.3. The fourth-order valence-electron chi connectivity index (χ4n) is 9.55. The quantitative estimate of drug-likeness (QED) is 0.161. The van der Waals surface area contributed by atoms with E-state index < -0.39 is 0 Å². The maximum atomic E-state index is 6.43. The van der Waals surface area contributed by atoms with E-state index in [1.54, 1.807) is 6.26 Å². The maximum Gasteiger partial charge on any atom is 0.212 e. The fourth-order valence-corrected chi connectivity index (χ4v) is 9.55. The summed E-state index contributed by atoms with van der Waals surface area (Å²) in [6.07, 6.45) is 1.77. The molecule has 0 aliphatic heterocycles. The molecule has 0 aliphatic carbocycles. The van der Waals surface area contributed by atoms with Gasteiger partial charge in [-0.1, -0.05) is 140 Å². The number of aromatic nitrogens is 1. The molecule has 0 N–H and O–H groups in total. The molecule has 13 aromatic rings. The van der Waals surface area contributed by atoms with Crippen LogP contribution in [0.5, 0.6) is 0 Å². The molecule has 5 heteroatoms. The van der Waals surface area contributed by atoms with E-state index in [1.165, 1.54) is 5.39 Å². The van der Waals surface area contributed by atoms with E-state index in [0.717, 1.165) is 117 Å². The lowest BCUT2D eigenvalue weighted by atomic mass is 10.0. The van der Waals surface area contributed by atoms with E-state index in [2.05, 4.69) is 191 Å². The van der Waals surface area contributed by atoms with Crippen LogP contribution in [-0.4, -0.2) is 4.57 Å². The first-order chi connectivity index (χ1) is 31.2. The Bertz CT molecular complexity index is 3690. The van der Waals surface area contributed by atoms with Crippen LogP contribution in [0, 0.1) is 0 Å². The molecule has 296 valence electrons. The van der Waals surface area contributed by atoms with Crippen LogP contribution in [0.15, 0.2) is 232 Å². The van der Waals surface area contributed by atoms with Gasteiger partial charge < -0.3 is 18.2 Å². The molecule has 4 aromatic heterocycles. The molecule has 0 spiro atoms. The van der Waals surface area contributed by atoms with Gasteiger partial charge >= 0.3 is 0 Å². The van der Waals surface area contributed by atoms with Gasteiger partial charge in [-0.15, -0.1) is 0 Å². The number of rotatable bonds is 7. The third-order valence-corrected chi connectivity index (χ3v) is 12.5. The zero-order valence-electron chi connectivity index (χ0n) is 33.9. The van der Waals surface area contributed by atoms with Crippen molar-refractivity contribution in [3.8, 4) is 39.1 Å². The van der Waals surface area contributed by atoms with Crippen molar-refractivity contribution in [2.45, 2.75) is 0 Å². The number of benzene rings is 9. The van der Waals surface area contributed by atoms with Gasteiger partial charge in [-0.25, -0.2) is 0 Å². The number of hydrogen-bond acceptors (Lipinski definition) is 4. The Morgan fingerprint density at radius 2 is 0.841 bits per heavy atom. The molecule has 0 radical (unpaired) electrons. The van der Waals surface area contributed by atoms with Crippen molar-refractivity contribution in [1.82, 2.24) is 4.57 Å². The van der Waals surface area contributed by atoms with Gasteiger partial charge in [-0.3, -0.25) is 4.57 Å². The Hall–Kier alpha value is -8.54. The van der Waals surface area contributed by atoms with E-state index >= 15 is 0 Å². The Labute approximate surface area is 361 Å². The molecule has 0 saturated carbocycles. The van der Waals surface area contributed by atoms with Crippen LogP contribution < -0.4 is 4.90 Å². The van der Waals surface area contributed by atoms with Crippen LogP contribution in [0.2, 0.25) is 0 Å². The summed E-state index contributed by atoms with van der Waals surface area (Å²) >= 11 is 0. The van der Waals surface area contributed by atoms with Gasteiger partial charge in [-0.2, -0.15) is 0 Å². The van der Waals surface area contributed by atoms with Gasteiger partial charge in [0.1, 0.15) is 22.3 Å². The highest BCUT2D eigenvalue weighted by Gasteiger charge is 2.19. The van der Waals surface area contributed by atoms with E-state index in [4.69, 9.17) is 13.3 Å². The van der Waals surface area contributed by atoms with Gasteiger partial charge in [0.2, 0.25) is 5.71 Å². The van der Waals surface area contributed by atoms with E-state index in [1.807, 2.05) is 30.3 Å². The molecular weight excluding hydrogens is 773 g/mol. The van der Waals surface area contributed by atoms with Gasteiger partial charge in [0.25, 0.3) is 0 Å². The Balaban J connectivity index is 0.894. The Morgan fingerprint density at radius 3 is 1.43 bits per heavy atom. The summed E-state index contributed by atoms with van der Waals surface area (Å²) in [4.78, 5) is 2.32. The molecule has 0 atom stereocenters. The third kappa shape index (κ3) is 5.64. The molecule has 0 unspecified atom stereocenters. The lowest BCUT2D eigenvalue weighted by Crippen LogP contribution is -2.09. The molecule has 9 aromatic carbocycles. The van der Waals surface area contributed by atoms with Gasteiger partial charge in [-0.05, 0) is 95.1 Å². The molecule has 0 saturated heterocycles. The first-order valence-corrected chi connectivity index (χ1v) is 21.2. The number of anilines is 3. The standard InChI is InChI=1S/C58H36N2O3/c1-4-19-53-47(12-1)52-34-35-61-58(52)60(53)44-11-7-10-40(36-44)37-22-28-41(29-23-37)59(42-30-24-38(25-31-42)45-15-8-17-50-48-13-2-5-20-54(48)62-56(45)50)43-32-26-39(27-33-43)46-16-9-18-51-49-14-3-6-21-55(49)63-57(46)51/h1-36H. The Kier molecular flexibility index (Phi) is 7.84. The smallest absolute Gasteiger partial charge is 0.212 e. The van der Waals surface area contributed by atoms with Crippen molar-refractivity contribution in [3.05, 3.63) is 219 Å². The molecule has 4 heterocycles. The summed E-state index contributed by atoms with van der Waals surface area (Å²) in [6.45, 7) is 0. The first-order valence-electron chi connectivity index (χ1n) is 21.2. The number of furan rings is 3. The van der Waals surface area contributed by atoms with Crippen LogP contribution in [0.1, 0.15) is 0 Å². The van der Waals surface area contributed by atoms with Gasteiger partial charge in [0, 0.05) is 66.2 Å². The summed E-state index contributed by atoms with van der Waals surface area (Å²) in [5, 5.41) is 6.78. The number of hydrogen-bond donors (Lipinski definition) is 0. The second-order valence-electron chi connectivity index (χ2n) is 16.1. The molecular formula is C58H36N2O3. The first kappa shape index (κ1) is 35.2. The molecule has 0 bridgehead atoms. The summed E-state index contributed by atoms with van der Waals surface area (Å²) in [6, 6.07) is 74.9. The number of para-hydroxylation sites is 5. The highest BCUT2D eigenvalue weighted by molar-refractivity contribution is 6.11. The van der Waals surface area contributed by atoms with E-state index in [0.29, 0.717) is 0 Å². The zero-order chi connectivity index (χ0) is 41.4. The second kappa shape index (κ2) is 14.0. The van der Waals surface area contributed by atoms with E-state index in [9.17, 15) is 0 Å². The minimum absolute atomic E-state index is 0.847. The van der Waals surface area contributed by atoms with Crippen molar-refractivity contribution in [1.29, 1.82) is 0 Å². The van der Waals surface area contributed by atoms with Crippen molar-refractivity contribution in [2.24, 2.45) is 0 Å². The van der Waals surface area contributed by atoms with E-state index in [-0.39, 0.29) is 0 Å². The lowest BCUT2D eigenvalue weighted by molar-refractivity contribution is 0.596. The second-order valence-corrected chi connectivity index (χ2v) is 16.1. The molecule has 0 aliphatic rings. The maximum absolute atomic E-state index is 6.43. The molecule has 0 fully saturated rings. The van der Waals surface area contributed by atoms with Crippen molar-refractivity contribution in [2.75, 3.05) is 4.90 Å². The largest absolute Gasteiger partial charge is 0.455 e. The molecule has 63 heavy (non-hydrogen) atoms. The molecule has 13 rings (SSSR count). The summed E-state index contributed by atoms with van der Waals surface area (Å²) in [5.74, 6) is 0. The minimum atomic E-state index is 0.847. The summed E-state index contributed by atoms with van der Waals surface area (Å²) in [5.41, 5.74) is 16.3. The predicted octanol–water partition coefficient (Wildman–Crippen LogP) is 16.6. The molecule has 0 amide bonds. The lowest BCUT2D eigenvalue weighted by Gasteiger charge is -2.26. The average molecular weight is 809 g/mol. The van der Waals surface area contributed by atoms with Gasteiger partial charge in [0.15, 0.2) is 0 Å². The van der Waals surface area contributed by atoms with Crippen molar-refractivity contribution < 1.29 is 13.3 Å². The van der Waals surface area contributed by atoms with Crippen LogP contribution in [-0.2, 0) is 0 Å². The van der Waals surface area contributed by atoms with Crippen molar-refractivity contribution in [3.63, 3.8) is 0 Å². The van der Waals surface area contributed by atoms with Gasteiger partial charge in [0.05, 0.1) is 11.8 Å². The fraction of sp³-hybridized carbons (Fsp3) is 0. The van der Waals surface area contributed by atoms with Crippen LogP contribution in [0.25, 0.3) is 105 Å². The van der Waals surface area contributed by atoms with Crippen LogP contribution >= 0.6 is 0 Å². The highest BCUT2D eigenvalue weighted by Crippen LogP contribution is 2.42. The monoisotopic (exact) mass is 808 g/mol. The SMILES string of the molecule is c1cc(-c2ccc(N(c3ccc(-c4cccc5c4oc4ccccc45)cc3)c3ccc(-c4cccc5c4oc4ccccc45)cc3)cc2)cc(-n2c3ccccc3c3ccoc32)c1. The average Bonchev–Trinajstić information content (AvgIpc) is 4.14. The molecule has 5 nitrogen and oxygen atoms in total. The van der Waals surface area contributed by atoms with Crippen LogP contribution in [0.3, 0.4) is 0 Å². The van der Waals surface area contributed by atoms with Crippen LogP contribution in [0.4, 0.5) is 17.1 Å². The Morgan fingerprint density at radius 1 is 0.349 bits per heavy atom. The topological polar surface area (TPSA) is 47.6 Å². The normalized spacial score (nSPS) is 11.8. The number of nitrogens with zero attached hydrogens (tertiary/aromatic N) is 2. The zero-order valence-corrected chi connectivity index (χ0v) is 33.9. The predicted molar refractivity (Wildman–Crippen MR) is 259 cm³/mol. The number of fused-ring (bicyclic) bond motifs is 9. The van der Waals surface area contributed by atoms with Crippen molar-refractivity contribution >= 4 is 82.9 Å². The minimum Gasteiger partial charge on any atom is -0.455 e.